The summed E-state index contributed by atoms with van der Waals surface area (Å²) in [5, 5.41) is 0.907. The molecule has 128 valence electrons. The number of H-pyrrole nitrogens is 1. The molecule has 0 amide bonds. The van der Waals surface area contributed by atoms with Crippen LogP contribution in [0.2, 0.25) is 0 Å². The van der Waals surface area contributed by atoms with E-state index in [4.69, 9.17) is 0 Å². The molecular formula is C19H19N3O2S. The molecule has 5 nitrogen and oxygen atoms in total. The maximum Gasteiger partial charge on any atom is 0.261 e. The molecule has 0 saturated carbocycles. The number of thioether (sulfide) groups is 1. The van der Waals surface area contributed by atoms with Crippen LogP contribution >= 0.6 is 11.8 Å². The van der Waals surface area contributed by atoms with Crippen LogP contribution < -0.4 is 5.56 Å². The molecule has 25 heavy (non-hydrogen) atoms. The summed E-state index contributed by atoms with van der Waals surface area (Å²) in [6.07, 6.45) is 0. The van der Waals surface area contributed by atoms with E-state index in [9.17, 15) is 9.59 Å². The van der Waals surface area contributed by atoms with Crippen LogP contribution in [-0.2, 0) is 0 Å². The Morgan fingerprint density at radius 1 is 1.08 bits per heavy atom. The van der Waals surface area contributed by atoms with Gasteiger partial charge in [-0.25, -0.2) is 9.97 Å². The minimum Gasteiger partial charge on any atom is -0.301 e. The minimum absolute atomic E-state index is 0.0160. The number of nitrogens with zero attached hydrogens (tertiary/aromatic N) is 2. The van der Waals surface area contributed by atoms with Gasteiger partial charge in [0.05, 0.1) is 11.1 Å². The highest BCUT2D eigenvalue weighted by atomic mass is 32.2. The van der Waals surface area contributed by atoms with Gasteiger partial charge in [-0.15, -0.1) is 0 Å². The van der Waals surface area contributed by atoms with Crippen LogP contribution in [0.5, 0.6) is 0 Å². The Labute approximate surface area is 149 Å². The van der Waals surface area contributed by atoms with Crippen molar-refractivity contribution in [2.24, 2.45) is 0 Å². The standard InChI is InChI=1S/C19H19N3O2S/c1-10-5-6-11(2)14(7-10)15(23)9-25-19-21-17-16(18(24)22-19)12(3)8-13(4)20-17/h5-8H,9H2,1-4H3,(H,20,21,22,24). The molecule has 0 unspecified atom stereocenters. The van der Waals surface area contributed by atoms with Crippen molar-refractivity contribution in [2.45, 2.75) is 32.9 Å². The Morgan fingerprint density at radius 2 is 1.84 bits per heavy atom. The molecule has 0 saturated heterocycles. The van der Waals surface area contributed by atoms with Crippen LogP contribution in [0.15, 0.2) is 34.2 Å². The lowest BCUT2D eigenvalue weighted by molar-refractivity contribution is 0.102. The number of benzene rings is 1. The van der Waals surface area contributed by atoms with Crippen LogP contribution in [-0.4, -0.2) is 26.5 Å². The van der Waals surface area contributed by atoms with Gasteiger partial charge in [-0.05, 0) is 51.0 Å². The fourth-order valence-corrected chi connectivity index (χ4v) is 3.52. The number of rotatable bonds is 4. The van der Waals surface area contributed by atoms with Crippen molar-refractivity contribution >= 4 is 28.6 Å². The Morgan fingerprint density at radius 3 is 2.60 bits per heavy atom. The van der Waals surface area contributed by atoms with Gasteiger partial charge < -0.3 is 4.98 Å². The maximum absolute atomic E-state index is 12.5. The third kappa shape index (κ3) is 3.64. The highest BCUT2D eigenvalue weighted by Gasteiger charge is 2.13. The topological polar surface area (TPSA) is 75.7 Å². The summed E-state index contributed by atoms with van der Waals surface area (Å²) in [6.45, 7) is 7.61. The second-order valence-corrected chi connectivity index (χ2v) is 7.14. The Hall–Kier alpha value is -2.47. The van der Waals surface area contributed by atoms with E-state index in [1.165, 1.54) is 11.8 Å². The third-order valence-corrected chi connectivity index (χ3v) is 4.89. The number of ketones is 1. The van der Waals surface area contributed by atoms with Crippen molar-refractivity contribution in [3.8, 4) is 0 Å². The molecule has 6 heteroatoms. The largest absolute Gasteiger partial charge is 0.301 e. The molecule has 1 N–H and O–H groups in total. The number of aromatic amines is 1. The van der Waals surface area contributed by atoms with Gasteiger partial charge in [0.15, 0.2) is 16.6 Å². The smallest absolute Gasteiger partial charge is 0.261 e. The molecule has 3 rings (SSSR count). The van der Waals surface area contributed by atoms with E-state index in [0.717, 1.165) is 22.4 Å². The van der Waals surface area contributed by atoms with E-state index >= 15 is 0 Å². The van der Waals surface area contributed by atoms with Crippen molar-refractivity contribution in [3.63, 3.8) is 0 Å². The van der Waals surface area contributed by atoms with Gasteiger partial charge in [0.25, 0.3) is 5.56 Å². The Kier molecular flexibility index (Phi) is 4.72. The summed E-state index contributed by atoms with van der Waals surface area (Å²) in [6, 6.07) is 7.68. The number of hydrogen-bond acceptors (Lipinski definition) is 5. The third-order valence-electron chi connectivity index (χ3n) is 4.01. The molecule has 0 aliphatic carbocycles. The summed E-state index contributed by atoms with van der Waals surface area (Å²) >= 11 is 1.22. The number of aryl methyl sites for hydroxylation is 4. The van der Waals surface area contributed by atoms with Crippen molar-refractivity contribution in [3.05, 3.63) is 62.6 Å². The SMILES string of the molecule is Cc1ccc(C)c(C(=O)CSc2nc3nc(C)cc(C)c3c(=O)[nH]2)c1. The zero-order valence-electron chi connectivity index (χ0n) is 14.6. The Balaban J connectivity index is 1.87. The zero-order valence-corrected chi connectivity index (χ0v) is 15.5. The van der Waals surface area contributed by atoms with Gasteiger partial charge in [0.2, 0.25) is 0 Å². The lowest BCUT2D eigenvalue weighted by atomic mass is 10.0. The van der Waals surface area contributed by atoms with Crippen molar-refractivity contribution < 1.29 is 4.79 Å². The number of pyridine rings is 1. The summed E-state index contributed by atoms with van der Waals surface area (Å²) in [5.41, 5.74) is 4.56. The summed E-state index contributed by atoms with van der Waals surface area (Å²) < 4.78 is 0. The molecule has 2 heterocycles. The van der Waals surface area contributed by atoms with Gasteiger partial charge in [-0.3, -0.25) is 9.59 Å². The number of hydrogen-bond donors (Lipinski definition) is 1. The first-order valence-corrected chi connectivity index (χ1v) is 8.95. The molecule has 0 aliphatic heterocycles. The van der Waals surface area contributed by atoms with Crippen LogP contribution in [0.25, 0.3) is 11.0 Å². The van der Waals surface area contributed by atoms with Crippen molar-refractivity contribution in [1.29, 1.82) is 0 Å². The predicted molar refractivity (Wildman–Crippen MR) is 101 cm³/mol. The molecule has 0 spiro atoms. The van der Waals surface area contributed by atoms with Gasteiger partial charge in [-0.2, -0.15) is 0 Å². The number of aromatic nitrogens is 3. The highest BCUT2D eigenvalue weighted by Crippen LogP contribution is 2.19. The molecule has 0 atom stereocenters. The first kappa shape index (κ1) is 17.4. The average Bonchev–Trinajstić information content (AvgIpc) is 2.53. The number of nitrogens with one attached hydrogen (secondary N) is 1. The average molecular weight is 353 g/mol. The molecule has 2 aromatic heterocycles. The van der Waals surface area contributed by atoms with E-state index in [1.54, 1.807) is 0 Å². The monoisotopic (exact) mass is 353 g/mol. The maximum atomic E-state index is 12.5. The van der Waals surface area contributed by atoms with Crippen molar-refractivity contribution in [1.82, 2.24) is 15.0 Å². The normalized spacial score (nSPS) is 11.0. The van der Waals surface area contributed by atoms with E-state index in [2.05, 4.69) is 15.0 Å². The summed E-state index contributed by atoms with van der Waals surface area (Å²) in [7, 11) is 0. The highest BCUT2D eigenvalue weighted by molar-refractivity contribution is 7.99. The van der Waals surface area contributed by atoms with Crippen LogP contribution in [0, 0.1) is 27.7 Å². The second kappa shape index (κ2) is 6.80. The summed E-state index contributed by atoms with van der Waals surface area (Å²) in [5.74, 6) is 0.228. The molecule has 0 aliphatic rings. The second-order valence-electron chi connectivity index (χ2n) is 6.18. The van der Waals surface area contributed by atoms with Crippen molar-refractivity contribution in [2.75, 3.05) is 5.75 Å². The van der Waals surface area contributed by atoms with Crippen LogP contribution in [0.3, 0.4) is 0 Å². The fraction of sp³-hybridized carbons (Fsp3) is 0.263. The minimum atomic E-state index is -0.225. The first-order valence-electron chi connectivity index (χ1n) is 7.96. The van der Waals surface area contributed by atoms with Gasteiger partial charge in [0, 0.05) is 11.3 Å². The molecular weight excluding hydrogens is 334 g/mol. The molecule has 3 aromatic rings. The summed E-state index contributed by atoms with van der Waals surface area (Å²) in [4.78, 5) is 36.3. The van der Waals surface area contributed by atoms with E-state index in [-0.39, 0.29) is 17.1 Å². The molecule has 0 radical (unpaired) electrons. The number of fused-ring (bicyclic) bond motifs is 1. The Bertz CT molecular complexity index is 1040. The molecule has 0 bridgehead atoms. The van der Waals surface area contributed by atoms with Crippen LogP contribution in [0.1, 0.15) is 32.7 Å². The van der Waals surface area contributed by atoms with Gasteiger partial charge in [-0.1, -0.05) is 29.5 Å². The van der Waals surface area contributed by atoms with E-state index < -0.39 is 0 Å². The zero-order chi connectivity index (χ0) is 18.1. The van der Waals surface area contributed by atoms with E-state index in [0.29, 0.717) is 21.8 Å². The quantitative estimate of drug-likeness (QED) is 0.441. The van der Waals surface area contributed by atoms with E-state index in [1.807, 2.05) is 52.0 Å². The van der Waals surface area contributed by atoms with Gasteiger partial charge >= 0.3 is 0 Å². The fourth-order valence-electron chi connectivity index (χ4n) is 2.78. The van der Waals surface area contributed by atoms with Crippen LogP contribution in [0.4, 0.5) is 0 Å². The predicted octanol–water partition coefficient (Wildman–Crippen LogP) is 3.53. The first-order chi connectivity index (χ1) is 11.8. The lowest BCUT2D eigenvalue weighted by Crippen LogP contribution is -2.13. The molecule has 0 fully saturated rings. The van der Waals surface area contributed by atoms with Gasteiger partial charge in [0.1, 0.15) is 0 Å². The number of Topliss-reactive ketones (excluding diaryl/α,β-unsaturated/α-hetero) is 1. The molecule has 1 aromatic carbocycles. The lowest BCUT2D eigenvalue weighted by Gasteiger charge is -2.07. The number of carbonyl (C=O) groups is 1. The number of carbonyl (C=O) groups excluding carboxylic acids is 1.